The van der Waals surface area contributed by atoms with E-state index in [0.29, 0.717) is 25.4 Å². The fourth-order valence-electron chi connectivity index (χ4n) is 1.23. The van der Waals surface area contributed by atoms with E-state index < -0.39 is 0 Å². The second-order valence-corrected chi connectivity index (χ2v) is 20.6. The van der Waals surface area contributed by atoms with Crippen molar-refractivity contribution in [3.05, 3.63) is 71.8 Å². The quantitative estimate of drug-likeness (QED) is 0.146. The van der Waals surface area contributed by atoms with Crippen LogP contribution in [0.4, 0.5) is 0 Å². The van der Waals surface area contributed by atoms with E-state index in [2.05, 4.69) is 98.6 Å². The minimum Gasteiger partial charge on any atom is -0.411 e. The average molecular weight is 1140 g/mol. The van der Waals surface area contributed by atoms with Gasteiger partial charge in [-0.25, -0.2) is 0 Å². The molecule has 196 valence electrons. The zero-order valence-electron chi connectivity index (χ0n) is 22.2. The second-order valence-electron chi connectivity index (χ2n) is 4.33. The van der Waals surface area contributed by atoms with Crippen molar-refractivity contribution in [1.29, 1.82) is 0 Å². The molecule has 0 unspecified atom stereocenters. The van der Waals surface area contributed by atoms with Crippen molar-refractivity contribution in [2.75, 3.05) is 6.61 Å². The van der Waals surface area contributed by atoms with Crippen molar-refractivity contribution >= 4 is 111 Å². The van der Waals surface area contributed by atoms with Crippen LogP contribution in [0.15, 0.2) is 71.0 Å². The molecule has 0 aliphatic rings. The average Bonchev–Trinajstić information content (AvgIpc) is 2.92. The SMILES string of the molecule is CC.CC.CCC.I.II.I[I-]I.[3H]C(=NO)c1ccccc1.[3H]C(=NOCC)c1ccccc1. The van der Waals surface area contributed by atoms with E-state index in [1.54, 1.807) is 24.3 Å². The summed E-state index contributed by atoms with van der Waals surface area (Å²) in [4.78, 5) is 4.75. The van der Waals surface area contributed by atoms with Crippen LogP contribution in [0.25, 0.3) is 0 Å². The van der Waals surface area contributed by atoms with Gasteiger partial charge in [-0.2, -0.15) is 0 Å². The third-order valence-corrected chi connectivity index (χ3v) is 2.10. The number of hydrogen-bond acceptors (Lipinski definition) is 4. The first-order chi connectivity index (χ1) is 16.5. The van der Waals surface area contributed by atoms with Gasteiger partial charge < -0.3 is 10.0 Å². The minimum absolute atomic E-state index is 0. The zero-order valence-corrected chi connectivity index (χ0v) is 33.4. The summed E-state index contributed by atoms with van der Waals surface area (Å²) in [5.41, 5.74) is 1.39. The molecule has 0 atom stereocenters. The van der Waals surface area contributed by atoms with Crippen molar-refractivity contribution in [1.82, 2.24) is 0 Å². The van der Waals surface area contributed by atoms with Gasteiger partial charge in [-0.3, -0.25) is 0 Å². The smallest absolute Gasteiger partial charge is 0.114 e. The Morgan fingerprint density at radius 1 is 0.848 bits per heavy atom. The Labute approximate surface area is 276 Å². The summed E-state index contributed by atoms with van der Waals surface area (Å²) in [6.45, 7) is 14.6. The molecule has 33 heavy (non-hydrogen) atoms. The van der Waals surface area contributed by atoms with E-state index in [9.17, 15) is 0 Å². The molecule has 0 heterocycles. The summed E-state index contributed by atoms with van der Waals surface area (Å²) in [7, 11) is 0. The summed E-state index contributed by atoms with van der Waals surface area (Å²) in [6.07, 6.45) is 1.30. The van der Waals surface area contributed by atoms with Crippen molar-refractivity contribution in [2.45, 2.75) is 54.9 Å². The third kappa shape index (κ3) is 51.3. The molecule has 1 N–H and O–H groups in total. The number of nitrogens with zero attached hydrogens (tertiary/aromatic N) is 2. The van der Waals surface area contributed by atoms with Crippen molar-refractivity contribution in [3.63, 3.8) is 0 Å². The maximum Gasteiger partial charge on any atom is 0.114 e. The van der Waals surface area contributed by atoms with Crippen LogP contribution in [-0.2, 0) is 4.84 Å². The fraction of sp³-hybridized carbons (Fsp3) is 0.391. The molecule has 0 aliphatic heterocycles. The Bertz CT molecular complexity index is 655. The van der Waals surface area contributed by atoms with E-state index in [0.717, 1.165) is 5.56 Å². The van der Waals surface area contributed by atoms with Crippen LogP contribution in [0.5, 0.6) is 0 Å². The topological polar surface area (TPSA) is 54.2 Å². The Hall–Kier alpha value is 1.76. The fourth-order valence-corrected chi connectivity index (χ4v) is 1.23. The van der Waals surface area contributed by atoms with E-state index >= 15 is 0 Å². The molecule has 0 saturated carbocycles. The van der Waals surface area contributed by atoms with Gasteiger partial charge in [-0.05, 0) is 18.1 Å². The van der Waals surface area contributed by atoms with Gasteiger partial charge in [0.05, 0.1) is 15.1 Å². The van der Waals surface area contributed by atoms with Gasteiger partial charge in [-0.15, -0.1) is 24.0 Å². The molecule has 10 heteroatoms. The summed E-state index contributed by atoms with van der Waals surface area (Å²) in [6, 6.07) is 18.1. The van der Waals surface area contributed by atoms with E-state index in [1.807, 2.05) is 71.0 Å². The predicted molar refractivity (Wildman–Crippen MR) is 192 cm³/mol. The molecule has 0 bridgehead atoms. The molecule has 2 aromatic carbocycles. The van der Waals surface area contributed by atoms with Gasteiger partial charge in [0, 0.05) is 37.2 Å². The first-order valence-electron chi connectivity index (χ1n) is 11.0. The molecule has 0 amide bonds. The maximum atomic E-state index is 8.19. The summed E-state index contributed by atoms with van der Waals surface area (Å²) in [5.74, 6) is 0. The van der Waals surface area contributed by atoms with Crippen LogP contribution < -0.4 is 13.3 Å². The van der Waals surface area contributed by atoms with Crippen LogP contribution in [-0.4, -0.2) is 24.2 Å². The Kier molecular flexibility index (Phi) is 69.3. The van der Waals surface area contributed by atoms with Crippen LogP contribution in [0.1, 0.15) is 68.8 Å². The van der Waals surface area contributed by atoms with Crippen molar-refractivity contribution in [2.24, 2.45) is 10.3 Å². The zero-order chi connectivity index (χ0) is 27.6. The third-order valence-electron chi connectivity index (χ3n) is 2.10. The molecule has 2 aromatic rings. The molecule has 0 aliphatic carbocycles. The van der Waals surface area contributed by atoms with Crippen LogP contribution in [0.3, 0.4) is 0 Å². The van der Waals surface area contributed by atoms with E-state index in [4.69, 9.17) is 12.8 Å². The molecule has 0 fully saturated rings. The second kappa shape index (κ2) is 54.6. The standard InChI is InChI=1S/C9H11NO.C7H7NO.C3H8.2C2H6.I3.I2.HI/c1-2-11-10-8-9-6-4-3-5-7-9;9-8-6-7-4-2-1-3-5-7;1-3-2;2*1-2;1-3-2;1-2;/h3-8H,2H2,1H3;1-6,9H;3H2,1-2H3;2*1-2H3;;;1H/q;;;;;-1;;/i8T;6T;;;;;;. The molecule has 2 rings (SSSR count). The largest absolute Gasteiger partial charge is 0.411 e. The first-order valence-corrected chi connectivity index (χ1v) is 28.8. The number of hydrogen-bond donors (Lipinski definition) is 1. The minimum atomic E-state index is -0.111. The summed E-state index contributed by atoms with van der Waals surface area (Å²) in [5, 5.41) is 14.5. The molecule has 0 radical (unpaired) electrons. The molecular formula is C23H39I6N2O2-. The maximum absolute atomic E-state index is 8.19. The number of rotatable bonds is 4. The first kappa shape index (κ1) is 41.9. The summed E-state index contributed by atoms with van der Waals surface area (Å²) >= 11 is 9.54. The van der Waals surface area contributed by atoms with Crippen LogP contribution >= 0.6 is 98.4 Å². The normalized spacial score (nSPS) is 9.42. The van der Waals surface area contributed by atoms with Crippen molar-refractivity contribution in [3.8, 4) is 0 Å². The molecular weight excluding hydrogens is 1100 g/mol. The predicted octanol–water partition coefficient (Wildman–Crippen LogP) is 8.19. The van der Waals surface area contributed by atoms with Gasteiger partial charge >= 0.3 is 50.5 Å². The number of benzene rings is 2. The van der Waals surface area contributed by atoms with Gasteiger partial charge in [0.25, 0.3) is 0 Å². The Balaban J connectivity index is -0.0000000825. The van der Waals surface area contributed by atoms with Crippen LogP contribution in [0, 0.1) is 0 Å². The number of halogens is 6. The Morgan fingerprint density at radius 3 is 1.42 bits per heavy atom. The van der Waals surface area contributed by atoms with Crippen LogP contribution in [0.2, 0.25) is 0 Å². The molecule has 4 nitrogen and oxygen atoms in total. The van der Waals surface area contributed by atoms with Gasteiger partial charge in [0.2, 0.25) is 0 Å². The van der Waals surface area contributed by atoms with E-state index in [-0.39, 0.29) is 36.4 Å². The monoisotopic (exact) mass is 1140 g/mol. The van der Waals surface area contributed by atoms with Gasteiger partial charge in [0.15, 0.2) is 0 Å². The van der Waals surface area contributed by atoms with E-state index in [1.165, 1.54) is 6.42 Å². The molecule has 0 spiro atoms. The van der Waals surface area contributed by atoms with Gasteiger partial charge in [0.1, 0.15) is 6.61 Å². The Morgan fingerprint density at radius 2 is 1.15 bits per heavy atom. The number of oxime groups is 2. The van der Waals surface area contributed by atoms with Gasteiger partial charge in [-0.1, -0.05) is 119 Å². The van der Waals surface area contributed by atoms with Crippen molar-refractivity contribution < 1.29 is 26.0 Å². The molecule has 0 aromatic heterocycles. The summed E-state index contributed by atoms with van der Waals surface area (Å²) < 4.78 is 14.5. The molecule has 0 saturated heterocycles.